The molecule has 0 saturated heterocycles. The van der Waals surface area contributed by atoms with Crippen molar-refractivity contribution in [3.8, 4) is 0 Å². The Morgan fingerprint density at radius 3 is 2.94 bits per heavy atom. The third kappa shape index (κ3) is 4.51. The van der Waals surface area contributed by atoms with Crippen molar-refractivity contribution in [3.63, 3.8) is 0 Å². The minimum absolute atomic E-state index is 0.0521. The summed E-state index contributed by atoms with van der Waals surface area (Å²) in [6, 6.07) is 6.74. The van der Waals surface area contributed by atoms with Gasteiger partial charge in [-0.3, -0.25) is 4.99 Å². The van der Waals surface area contributed by atoms with Gasteiger partial charge in [-0.25, -0.2) is 4.39 Å². The highest BCUT2D eigenvalue weighted by atomic mass is 19.1. The van der Waals surface area contributed by atoms with Crippen molar-refractivity contribution in [3.05, 3.63) is 35.6 Å². The molecule has 0 aliphatic heterocycles. The van der Waals surface area contributed by atoms with E-state index in [0.29, 0.717) is 18.7 Å². The zero-order valence-corrected chi connectivity index (χ0v) is 9.36. The van der Waals surface area contributed by atoms with Crippen LogP contribution in [0.2, 0.25) is 0 Å². The Bertz CT molecular complexity index is 342. The van der Waals surface area contributed by atoms with Crippen LogP contribution in [0.3, 0.4) is 0 Å². The van der Waals surface area contributed by atoms with Gasteiger partial charge < -0.3 is 10.4 Å². The van der Waals surface area contributed by atoms with Crippen molar-refractivity contribution in [2.45, 2.75) is 19.5 Å². The highest BCUT2D eigenvalue weighted by molar-refractivity contribution is 5.63. The largest absolute Gasteiger partial charge is 0.394 e. The quantitative estimate of drug-likeness (QED) is 0.717. The zero-order valence-electron chi connectivity index (χ0n) is 9.36. The van der Waals surface area contributed by atoms with Crippen LogP contribution in [0.5, 0.6) is 0 Å². The highest BCUT2D eigenvalue weighted by Crippen LogP contribution is 2.05. The van der Waals surface area contributed by atoms with Crippen LogP contribution in [0.15, 0.2) is 29.3 Å². The van der Waals surface area contributed by atoms with Crippen molar-refractivity contribution in [1.29, 1.82) is 0 Å². The maximum atomic E-state index is 13.2. The summed E-state index contributed by atoms with van der Waals surface area (Å²) in [4.78, 5) is 3.99. The number of benzene rings is 1. The van der Waals surface area contributed by atoms with Gasteiger partial charge in [0.15, 0.2) is 0 Å². The number of aliphatic hydroxyl groups is 1. The fourth-order valence-electron chi connectivity index (χ4n) is 1.26. The smallest absolute Gasteiger partial charge is 0.127 e. The van der Waals surface area contributed by atoms with E-state index in [1.807, 2.05) is 13.0 Å². The second-order valence-corrected chi connectivity index (χ2v) is 3.54. The van der Waals surface area contributed by atoms with Crippen molar-refractivity contribution in [1.82, 2.24) is 5.32 Å². The fourth-order valence-corrected chi connectivity index (χ4v) is 1.26. The lowest BCUT2D eigenvalue weighted by atomic mass is 10.2. The molecule has 0 bridgehead atoms. The Morgan fingerprint density at radius 1 is 1.50 bits per heavy atom. The van der Waals surface area contributed by atoms with Gasteiger partial charge in [0.1, 0.15) is 5.82 Å². The molecule has 0 aliphatic carbocycles. The third-order valence-corrected chi connectivity index (χ3v) is 2.13. The lowest BCUT2D eigenvalue weighted by molar-refractivity contribution is 0.307. The highest BCUT2D eigenvalue weighted by Gasteiger charge is 2.01. The number of aliphatic imine (C=N–C) groups is 1. The molecule has 1 rings (SSSR count). The molecule has 1 aromatic carbocycles. The van der Waals surface area contributed by atoms with E-state index < -0.39 is 0 Å². The van der Waals surface area contributed by atoms with E-state index in [9.17, 15) is 4.39 Å². The molecule has 1 aromatic rings. The Kier molecular flexibility index (Phi) is 5.67. The normalized spacial score (nSPS) is 13.2. The standard InChI is InChI=1S/C12H17FN2O/c1-10(8-14-6-7-16)15-9-11-4-2-3-5-12(11)13/h2-5,8,10,15-16H,6-7,9H2,1H3/b14-8+. The van der Waals surface area contributed by atoms with E-state index in [0.717, 1.165) is 0 Å². The molecule has 1 unspecified atom stereocenters. The van der Waals surface area contributed by atoms with Gasteiger partial charge in [-0.2, -0.15) is 0 Å². The molecule has 0 heterocycles. The minimum Gasteiger partial charge on any atom is -0.394 e. The molecule has 16 heavy (non-hydrogen) atoms. The van der Waals surface area contributed by atoms with Crippen LogP contribution < -0.4 is 5.32 Å². The van der Waals surface area contributed by atoms with Gasteiger partial charge in [0, 0.05) is 24.4 Å². The molecule has 0 saturated carbocycles. The first-order valence-electron chi connectivity index (χ1n) is 5.31. The van der Waals surface area contributed by atoms with Crippen molar-refractivity contribution < 1.29 is 9.50 Å². The summed E-state index contributed by atoms with van der Waals surface area (Å²) in [6.07, 6.45) is 1.72. The first-order chi connectivity index (χ1) is 7.74. The summed E-state index contributed by atoms with van der Waals surface area (Å²) in [5.74, 6) is -0.200. The molecule has 88 valence electrons. The van der Waals surface area contributed by atoms with Gasteiger partial charge in [0.25, 0.3) is 0 Å². The molecule has 0 fully saturated rings. The second kappa shape index (κ2) is 7.09. The molecule has 0 spiro atoms. The van der Waals surface area contributed by atoms with Crippen LogP contribution in [-0.2, 0) is 6.54 Å². The Morgan fingerprint density at radius 2 is 2.25 bits per heavy atom. The number of rotatable bonds is 6. The number of hydrogen-bond donors (Lipinski definition) is 2. The van der Waals surface area contributed by atoms with E-state index in [2.05, 4.69) is 10.3 Å². The summed E-state index contributed by atoms with van der Waals surface area (Å²) in [6.45, 7) is 2.86. The van der Waals surface area contributed by atoms with Crippen LogP contribution in [0.4, 0.5) is 4.39 Å². The first-order valence-corrected chi connectivity index (χ1v) is 5.31. The van der Waals surface area contributed by atoms with Crippen molar-refractivity contribution >= 4 is 6.21 Å². The van der Waals surface area contributed by atoms with Gasteiger partial charge in [0.2, 0.25) is 0 Å². The number of nitrogens with one attached hydrogen (secondary N) is 1. The molecule has 0 radical (unpaired) electrons. The van der Waals surface area contributed by atoms with Crippen LogP contribution in [0, 0.1) is 5.82 Å². The maximum Gasteiger partial charge on any atom is 0.127 e. The maximum absolute atomic E-state index is 13.2. The molecule has 0 amide bonds. The Balaban J connectivity index is 2.37. The molecule has 0 aliphatic rings. The summed E-state index contributed by atoms with van der Waals surface area (Å²) in [5.41, 5.74) is 0.643. The van der Waals surface area contributed by atoms with Gasteiger partial charge in [-0.15, -0.1) is 0 Å². The lowest BCUT2D eigenvalue weighted by Crippen LogP contribution is -2.27. The SMILES string of the molecule is CC(/C=N/CCO)NCc1ccccc1F. The van der Waals surface area contributed by atoms with E-state index in [1.165, 1.54) is 6.07 Å². The summed E-state index contributed by atoms with van der Waals surface area (Å²) < 4.78 is 13.2. The number of nitrogens with zero attached hydrogens (tertiary/aromatic N) is 1. The summed E-state index contributed by atoms with van der Waals surface area (Å²) >= 11 is 0. The number of halogens is 1. The van der Waals surface area contributed by atoms with Crippen LogP contribution in [-0.4, -0.2) is 30.5 Å². The number of hydrogen-bond acceptors (Lipinski definition) is 3. The molecule has 0 aromatic heterocycles. The van der Waals surface area contributed by atoms with E-state index >= 15 is 0 Å². The van der Waals surface area contributed by atoms with Crippen LogP contribution >= 0.6 is 0 Å². The first kappa shape index (κ1) is 12.8. The van der Waals surface area contributed by atoms with Gasteiger partial charge >= 0.3 is 0 Å². The molecule has 3 nitrogen and oxygen atoms in total. The fraction of sp³-hybridized carbons (Fsp3) is 0.417. The van der Waals surface area contributed by atoms with Gasteiger partial charge in [-0.1, -0.05) is 18.2 Å². The molecular weight excluding hydrogens is 207 g/mol. The van der Waals surface area contributed by atoms with Crippen molar-refractivity contribution in [2.75, 3.05) is 13.2 Å². The molecule has 2 N–H and O–H groups in total. The Labute approximate surface area is 95.0 Å². The monoisotopic (exact) mass is 224 g/mol. The summed E-state index contributed by atoms with van der Waals surface area (Å²) in [7, 11) is 0. The second-order valence-electron chi connectivity index (χ2n) is 3.54. The average molecular weight is 224 g/mol. The molecule has 1 atom stereocenters. The summed E-state index contributed by atoms with van der Waals surface area (Å²) in [5, 5.41) is 11.7. The third-order valence-electron chi connectivity index (χ3n) is 2.13. The predicted octanol–water partition coefficient (Wildman–Crippen LogP) is 1.37. The molecular formula is C12H17FN2O. The lowest BCUT2D eigenvalue weighted by Gasteiger charge is -2.09. The van der Waals surface area contributed by atoms with Crippen LogP contribution in [0.1, 0.15) is 12.5 Å². The molecule has 4 heteroatoms. The van der Waals surface area contributed by atoms with Gasteiger partial charge in [0.05, 0.1) is 13.2 Å². The van der Waals surface area contributed by atoms with E-state index in [4.69, 9.17) is 5.11 Å². The topological polar surface area (TPSA) is 44.6 Å². The van der Waals surface area contributed by atoms with Crippen LogP contribution in [0.25, 0.3) is 0 Å². The average Bonchev–Trinajstić information content (AvgIpc) is 2.28. The van der Waals surface area contributed by atoms with Gasteiger partial charge in [-0.05, 0) is 13.0 Å². The predicted molar refractivity (Wildman–Crippen MR) is 63.1 cm³/mol. The van der Waals surface area contributed by atoms with E-state index in [-0.39, 0.29) is 18.5 Å². The van der Waals surface area contributed by atoms with Crippen molar-refractivity contribution in [2.24, 2.45) is 4.99 Å². The Hall–Kier alpha value is -1.26. The zero-order chi connectivity index (χ0) is 11.8. The van der Waals surface area contributed by atoms with E-state index in [1.54, 1.807) is 18.3 Å². The minimum atomic E-state index is -0.200. The number of aliphatic hydroxyl groups excluding tert-OH is 1.